The van der Waals surface area contributed by atoms with E-state index in [9.17, 15) is 10.1 Å². The molecule has 0 fully saturated rings. The summed E-state index contributed by atoms with van der Waals surface area (Å²) in [4.78, 5) is 15.9. The third-order valence-electron chi connectivity index (χ3n) is 3.38. The fourth-order valence-corrected chi connectivity index (χ4v) is 2.41. The summed E-state index contributed by atoms with van der Waals surface area (Å²) in [5, 5.41) is 8.74. The molecule has 0 aliphatic rings. The van der Waals surface area contributed by atoms with Crippen molar-refractivity contribution < 1.29 is 4.79 Å². The largest absolute Gasteiger partial charge is 0.280 e. The van der Waals surface area contributed by atoms with Gasteiger partial charge in [-0.25, -0.2) is 0 Å². The molecule has 1 aromatic heterocycles. The first kappa shape index (κ1) is 14.2. The van der Waals surface area contributed by atoms with Gasteiger partial charge in [-0.2, -0.15) is 5.26 Å². The molecule has 0 saturated carbocycles. The first-order valence-electron chi connectivity index (χ1n) is 6.16. The van der Waals surface area contributed by atoms with Crippen molar-refractivity contribution in [1.82, 2.24) is 4.98 Å². The topological polar surface area (TPSA) is 53.8 Å². The van der Waals surface area contributed by atoms with Crippen molar-refractivity contribution in [1.29, 1.82) is 5.26 Å². The molecule has 2 rings (SSSR count). The smallest absolute Gasteiger partial charge is 0.232 e. The highest BCUT2D eigenvalue weighted by molar-refractivity contribution is 6.65. The second-order valence-corrected chi connectivity index (χ2v) is 5.14. The van der Waals surface area contributed by atoms with Crippen molar-refractivity contribution in [2.24, 2.45) is 0 Å². The highest BCUT2D eigenvalue weighted by Crippen LogP contribution is 2.32. The molecule has 0 aliphatic carbocycles. The molecule has 0 saturated heterocycles. The Morgan fingerprint density at radius 2 is 1.95 bits per heavy atom. The fourth-order valence-electron chi connectivity index (χ4n) is 2.24. The summed E-state index contributed by atoms with van der Waals surface area (Å²) < 4.78 is 0. The number of hydrogen-bond donors (Lipinski definition) is 0. The van der Waals surface area contributed by atoms with E-state index in [0.717, 1.165) is 5.56 Å². The highest BCUT2D eigenvalue weighted by Gasteiger charge is 2.36. The maximum Gasteiger partial charge on any atom is 0.232 e. The first-order valence-corrected chi connectivity index (χ1v) is 6.54. The Bertz CT molecular complexity index is 664. The number of aromatic nitrogens is 1. The van der Waals surface area contributed by atoms with Gasteiger partial charge in [0.05, 0.1) is 17.0 Å². The average Bonchev–Trinajstić information content (AvgIpc) is 2.48. The van der Waals surface area contributed by atoms with Crippen molar-refractivity contribution in [3.63, 3.8) is 0 Å². The van der Waals surface area contributed by atoms with Gasteiger partial charge in [0.15, 0.2) is 0 Å². The van der Waals surface area contributed by atoms with Crippen LogP contribution in [0.5, 0.6) is 0 Å². The second kappa shape index (κ2) is 5.85. The van der Waals surface area contributed by atoms with Gasteiger partial charge in [-0.1, -0.05) is 18.2 Å². The van der Waals surface area contributed by atoms with Gasteiger partial charge in [-0.3, -0.25) is 9.78 Å². The number of benzene rings is 1. The molecule has 100 valence electrons. The highest BCUT2D eigenvalue weighted by atomic mass is 35.5. The van der Waals surface area contributed by atoms with Crippen LogP contribution >= 0.6 is 11.6 Å². The molecule has 1 atom stereocenters. The van der Waals surface area contributed by atoms with E-state index in [4.69, 9.17) is 11.6 Å². The third kappa shape index (κ3) is 2.71. The van der Waals surface area contributed by atoms with E-state index in [1.807, 2.05) is 12.1 Å². The Morgan fingerprint density at radius 3 is 2.55 bits per heavy atom. The summed E-state index contributed by atoms with van der Waals surface area (Å²) in [6.45, 7) is 1.76. The molecule has 0 N–H and O–H groups in total. The molecule has 4 heteroatoms. The molecule has 0 amide bonds. The van der Waals surface area contributed by atoms with Crippen LogP contribution in [0, 0.1) is 11.3 Å². The summed E-state index contributed by atoms with van der Waals surface area (Å²) >= 11 is 5.83. The zero-order valence-corrected chi connectivity index (χ0v) is 11.8. The molecular weight excluding hydrogens is 272 g/mol. The van der Waals surface area contributed by atoms with E-state index in [1.54, 1.807) is 43.6 Å². The number of halogens is 1. The van der Waals surface area contributed by atoms with Crippen LogP contribution < -0.4 is 0 Å². The van der Waals surface area contributed by atoms with Crippen molar-refractivity contribution in [2.75, 3.05) is 0 Å². The van der Waals surface area contributed by atoms with E-state index >= 15 is 0 Å². The number of nitriles is 1. The molecule has 1 heterocycles. The van der Waals surface area contributed by atoms with Crippen LogP contribution in [0.15, 0.2) is 48.8 Å². The van der Waals surface area contributed by atoms with Gasteiger partial charge in [-0.05, 0) is 54.3 Å². The summed E-state index contributed by atoms with van der Waals surface area (Å²) in [6.07, 6.45) is 3.77. The van der Waals surface area contributed by atoms with Crippen LogP contribution in [0.1, 0.15) is 23.6 Å². The Hall–Kier alpha value is -2.18. The van der Waals surface area contributed by atoms with Gasteiger partial charge in [-0.15, -0.1) is 0 Å². The SMILES string of the molecule is CC(Cc1ccncc1)(C(=O)Cl)c1ccccc1C#N. The van der Waals surface area contributed by atoms with Gasteiger partial charge >= 0.3 is 0 Å². The number of nitrogens with zero attached hydrogens (tertiary/aromatic N) is 2. The fraction of sp³-hybridized carbons (Fsp3) is 0.188. The number of carbonyl (C=O) groups is 1. The van der Waals surface area contributed by atoms with Crippen LogP contribution in [0.25, 0.3) is 0 Å². The summed E-state index contributed by atoms with van der Waals surface area (Å²) in [6, 6.07) is 12.8. The minimum atomic E-state index is -0.935. The van der Waals surface area contributed by atoms with Gasteiger partial charge < -0.3 is 0 Å². The van der Waals surface area contributed by atoms with Gasteiger partial charge in [0.25, 0.3) is 0 Å². The zero-order chi connectivity index (χ0) is 14.6. The van der Waals surface area contributed by atoms with Gasteiger partial charge in [0.1, 0.15) is 0 Å². The zero-order valence-electron chi connectivity index (χ0n) is 11.0. The van der Waals surface area contributed by atoms with E-state index < -0.39 is 10.7 Å². The van der Waals surface area contributed by atoms with E-state index in [1.165, 1.54) is 0 Å². The second-order valence-electron chi connectivity index (χ2n) is 4.80. The first-order chi connectivity index (χ1) is 9.58. The Kier molecular flexibility index (Phi) is 4.16. The average molecular weight is 285 g/mol. The lowest BCUT2D eigenvalue weighted by atomic mass is 9.76. The molecule has 2 aromatic rings. The lowest BCUT2D eigenvalue weighted by Gasteiger charge is -2.27. The van der Waals surface area contributed by atoms with Gasteiger partial charge in [0.2, 0.25) is 5.24 Å². The molecule has 0 spiro atoms. The van der Waals surface area contributed by atoms with Crippen LogP contribution in [-0.4, -0.2) is 10.2 Å². The molecule has 3 nitrogen and oxygen atoms in total. The minimum absolute atomic E-state index is 0.427. The summed E-state index contributed by atoms with van der Waals surface area (Å²) in [5.41, 5.74) is 1.14. The van der Waals surface area contributed by atoms with Crippen molar-refractivity contribution >= 4 is 16.8 Å². The Morgan fingerprint density at radius 1 is 1.30 bits per heavy atom. The van der Waals surface area contributed by atoms with E-state index in [0.29, 0.717) is 17.5 Å². The predicted octanol–water partition coefficient (Wildman–Crippen LogP) is 3.22. The van der Waals surface area contributed by atoms with Crippen molar-refractivity contribution in [2.45, 2.75) is 18.8 Å². The van der Waals surface area contributed by atoms with E-state index in [-0.39, 0.29) is 0 Å². The molecule has 0 radical (unpaired) electrons. The quantitative estimate of drug-likeness (QED) is 0.810. The Balaban J connectivity index is 2.50. The maximum atomic E-state index is 12.0. The molecule has 20 heavy (non-hydrogen) atoms. The predicted molar refractivity (Wildman–Crippen MR) is 77.3 cm³/mol. The normalized spacial score (nSPS) is 13.2. The van der Waals surface area contributed by atoms with Gasteiger partial charge in [0, 0.05) is 12.4 Å². The van der Waals surface area contributed by atoms with Crippen molar-refractivity contribution in [3.8, 4) is 6.07 Å². The molecule has 1 unspecified atom stereocenters. The lowest BCUT2D eigenvalue weighted by molar-refractivity contribution is -0.116. The number of hydrogen-bond acceptors (Lipinski definition) is 3. The van der Waals surface area contributed by atoms with Crippen LogP contribution in [0.4, 0.5) is 0 Å². The maximum absolute atomic E-state index is 12.0. The molecule has 0 aliphatic heterocycles. The number of carbonyl (C=O) groups excluding carboxylic acids is 1. The van der Waals surface area contributed by atoms with Crippen molar-refractivity contribution in [3.05, 3.63) is 65.5 Å². The summed E-state index contributed by atoms with van der Waals surface area (Å²) in [5.74, 6) is 0. The van der Waals surface area contributed by atoms with Crippen LogP contribution in [0.3, 0.4) is 0 Å². The monoisotopic (exact) mass is 284 g/mol. The lowest BCUT2D eigenvalue weighted by Crippen LogP contribution is -2.32. The van der Waals surface area contributed by atoms with E-state index in [2.05, 4.69) is 11.1 Å². The Labute approximate surface area is 122 Å². The molecule has 0 bridgehead atoms. The summed E-state index contributed by atoms with van der Waals surface area (Å²) in [7, 11) is 0. The van der Waals surface area contributed by atoms with Crippen LogP contribution in [0.2, 0.25) is 0 Å². The number of pyridine rings is 1. The third-order valence-corrected chi connectivity index (χ3v) is 3.80. The number of rotatable bonds is 4. The standard InChI is InChI=1S/C16H13ClN2O/c1-16(15(17)20,10-12-6-8-19-9-7-12)14-5-3-2-4-13(14)11-18/h2-9H,10H2,1H3. The minimum Gasteiger partial charge on any atom is -0.280 e. The molecule has 1 aromatic carbocycles. The molecular formula is C16H13ClN2O. The van der Waals surface area contributed by atoms with Crippen LogP contribution in [-0.2, 0) is 16.6 Å².